The molecule has 0 radical (unpaired) electrons. The molecule has 3 N–H and O–H groups in total. The Kier molecular flexibility index (Phi) is 7.74. The van der Waals surface area contributed by atoms with Gasteiger partial charge < -0.3 is 25.2 Å². The Morgan fingerprint density at radius 3 is 2.36 bits per heavy atom. The van der Waals surface area contributed by atoms with Gasteiger partial charge in [0.05, 0.1) is 7.11 Å². The number of aromatic nitrogens is 2. The van der Waals surface area contributed by atoms with Crippen molar-refractivity contribution in [1.82, 2.24) is 20.8 Å². The number of carbonyl (C=O) groups is 3. The van der Waals surface area contributed by atoms with Gasteiger partial charge in [0.25, 0.3) is 0 Å². The second kappa shape index (κ2) is 10.9. The van der Waals surface area contributed by atoms with Crippen molar-refractivity contribution in [3.63, 3.8) is 0 Å². The summed E-state index contributed by atoms with van der Waals surface area (Å²) in [5.74, 6) is -1.50. The third-order valence-electron chi connectivity index (χ3n) is 4.73. The molecule has 0 saturated heterocycles. The zero-order valence-electron chi connectivity index (χ0n) is 18.5. The van der Waals surface area contributed by atoms with Crippen molar-refractivity contribution in [2.45, 2.75) is 26.4 Å². The highest BCUT2D eigenvalue weighted by molar-refractivity contribution is 5.93. The number of esters is 1. The number of anilines is 1. The van der Waals surface area contributed by atoms with Gasteiger partial charge in [-0.2, -0.15) is 4.98 Å². The highest BCUT2D eigenvalue weighted by Crippen LogP contribution is 2.19. The molecule has 3 amide bonds. The van der Waals surface area contributed by atoms with Gasteiger partial charge in [-0.05, 0) is 35.7 Å². The predicted molar refractivity (Wildman–Crippen MR) is 120 cm³/mol. The van der Waals surface area contributed by atoms with Gasteiger partial charge in [-0.1, -0.05) is 49.3 Å². The lowest BCUT2D eigenvalue weighted by atomic mass is 10.0. The number of methoxy groups -OCH3 is 1. The molecular formula is C23H25N5O5. The van der Waals surface area contributed by atoms with E-state index in [1.807, 2.05) is 30.3 Å². The van der Waals surface area contributed by atoms with Crippen LogP contribution in [-0.4, -0.2) is 41.2 Å². The smallest absolute Gasteiger partial charge is 0.328 e. The number of amides is 3. The fraction of sp³-hybridized carbons (Fsp3) is 0.261. The fourth-order valence-corrected chi connectivity index (χ4v) is 2.92. The van der Waals surface area contributed by atoms with E-state index >= 15 is 0 Å². The van der Waals surface area contributed by atoms with Crippen LogP contribution in [0.25, 0.3) is 11.4 Å². The first-order chi connectivity index (χ1) is 15.9. The van der Waals surface area contributed by atoms with Gasteiger partial charge in [-0.3, -0.25) is 4.79 Å². The van der Waals surface area contributed by atoms with Crippen molar-refractivity contribution >= 4 is 23.6 Å². The molecule has 1 atom stereocenters. The molecule has 0 spiro atoms. The third kappa shape index (κ3) is 6.39. The van der Waals surface area contributed by atoms with E-state index in [9.17, 15) is 14.4 Å². The summed E-state index contributed by atoms with van der Waals surface area (Å²) in [6.07, 6.45) is 0. The summed E-state index contributed by atoms with van der Waals surface area (Å²) in [6.45, 7) is 3.96. The number of nitrogens with one attached hydrogen (secondary N) is 3. The van der Waals surface area contributed by atoms with Gasteiger partial charge in [-0.15, -0.1) is 0 Å². The van der Waals surface area contributed by atoms with E-state index in [2.05, 4.69) is 26.1 Å². The van der Waals surface area contributed by atoms with Crippen molar-refractivity contribution in [2.24, 2.45) is 5.92 Å². The van der Waals surface area contributed by atoms with Gasteiger partial charge >= 0.3 is 23.8 Å². The van der Waals surface area contributed by atoms with Gasteiger partial charge in [-0.25, -0.2) is 9.59 Å². The molecule has 172 valence electrons. The minimum absolute atomic E-state index is 0.186. The number of benzene rings is 2. The van der Waals surface area contributed by atoms with Gasteiger partial charge in [0.15, 0.2) is 0 Å². The standard InChI is InChI=1S/C23H25N5O5/c1-14(2)18(22(30)32-3)26-20(29)21-27-19(28-33-21)16-9-11-17(12-10-16)25-23(31)24-13-15-7-5-4-6-8-15/h4-12,14,18H,13H2,1-3H3,(H,26,29)(H2,24,25,31). The van der Waals surface area contributed by atoms with Crippen LogP contribution in [0.15, 0.2) is 59.1 Å². The highest BCUT2D eigenvalue weighted by atomic mass is 16.5. The number of hydrogen-bond donors (Lipinski definition) is 3. The molecule has 0 aliphatic rings. The number of nitrogens with zero attached hydrogens (tertiary/aromatic N) is 2. The summed E-state index contributed by atoms with van der Waals surface area (Å²) in [4.78, 5) is 40.4. The summed E-state index contributed by atoms with van der Waals surface area (Å²) in [5, 5.41) is 11.9. The van der Waals surface area contributed by atoms with Crippen molar-refractivity contribution in [3.8, 4) is 11.4 Å². The van der Waals surface area contributed by atoms with E-state index in [-0.39, 0.29) is 23.7 Å². The van der Waals surface area contributed by atoms with Crippen LogP contribution in [0.4, 0.5) is 10.5 Å². The van der Waals surface area contributed by atoms with Crippen molar-refractivity contribution < 1.29 is 23.6 Å². The molecule has 1 unspecified atom stereocenters. The van der Waals surface area contributed by atoms with Crippen LogP contribution in [0.1, 0.15) is 30.1 Å². The maximum atomic E-state index is 12.4. The minimum atomic E-state index is -0.837. The lowest BCUT2D eigenvalue weighted by Crippen LogP contribution is -2.45. The van der Waals surface area contributed by atoms with E-state index < -0.39 is 17.9 Å². The highest BCUT2D eigenvalue weighted by Gasteiger charge is 2.27. The third-order valence-corrected chi connectivity index (χ3v) is 4.73. The molecule has 0 fully saturated rings. The first kappa shape index (κ1) is 23.5. The molecular weight excluding hydrogens is 426 g/mol. The fourth-order valence-electron chi connectivity index (χ4n) is 2.92. The summed E-state index contributed by atoms with van der Waals surface area (Å²) >= 11 is 0. The van der Waals surface area contributed by atoms with E-state index in [1.165, 1.54) is 7.11 Å². The molecule has 1 heterocycles. The topological polar surface area (TPSA) is 135 Å². The molecule has 2 aromatic carbocycles. The number of urea groups is 1. The Balaban J connectivity index is 1.58. The number of ether oxygens (including phenoxy) is 1. The zero-order valence-corrected chi connectivity index (χ0v) is 18.5. The SMILES string of the molecule is COC(=O)C(NC(=O)c1nc(-c2ccc(NC(=O)NCc3ccccc3)cc2)no1)C(C)C. The molecule has 3 aromatic rings. The second-order valence-electron chi connectivity index (χ2n) is 7.51. The number of hydrogen-bond acceptors (Lipinski definition) is 7. The zero-order chi connectivity index (χ0) is 23.8. The molecule has 0 aliphatic carbocycles. The summed E-state index contributed by atoms with van der Waals surface area (Å²) < 4.78 is 9.75. The molecule has 0 saturated carbocycles. The van der Waals surface area contributed by atoms with Crippen LogP contribution in [-0.2, 0) is 16.1 Å². The van der Waals surface area contributed by atoms with E-state index in [1.54, 1.807) is 38.1 Å². The van der Waals surface area contributed by atoms with Gasteiger partial charge in [0.1, 0.15) is 6.04 Å². The van der Waals surface area contributed by atoms with Gasteiger partial charge in [0.2, 0.25) is 5.82 Å². The molecule has 10 nitrogen and oxygen atoms in total. The molecule has 3 rings (SSSR count). The summed E-state index contributed by atoms with van der Waals surface area (Å²) in [7, 11) is 1.25. The molecule has 0 aliphatic heterocycles. The quantitative estimate of drug-likeness (QED) is 0.448. The van der Waals surface area contributed by atoms with E-state index in [4.69, 9.17) is 9.26 Å². The summed E-state index contributed by atoms with van der Waals surface area (Å²) in [5.41, 5.74) is 2.15. The average Bonchev–Trinajstić information content (AvgIpc) is 3.32. The number of carbonyl (C=O) groups excluding carboxylic acids is 3. The molecule has 0 bridgehead atoms. The maximum absolute atomic E-state index is 12.4. The monoisotopic (exact) mass is 451 g/mol. The number of rotatable bonds is 8. The van der Waals surface area contributed by atoms with Crippen molar-refractivity contribution in [2.75, 3.05) is 12.4 Å². The van der Waals surface area contributed by atoms with Crippen LogP contribution in [0.3, 0.4) is 0 Å². The van der Waals surface area contributed by atoms with Crippen molar-refractivity contribution in [1.29, 1.82) is 0 Å². The molecule has 1 aromatic heterocycles. The predicted octanol–water partition coefficient (Wildman–Crippen LogP) is 2.99. The maximum Gasteiger partial charge on any atom is 0.328 e. The second-order valence-corrected chi connectivity index (χ2v) is 7.51. The normalized spacial score (nSPS) is 11.5. The van der Waals surface area contributed by atoms with E-state index in [0.29, 0.717) is 17.8 Å². The van der Waals surface area contributed by atoms with Crippen molar-refractivity contribution in [3.05, 3.63) is 66.1 Å². The summed E-state index contributed by atoms with van der Waals surface area (Å²) in [6, 6.07) is 15.1. The Labute approximate surface area is 190 Å². The lowest BCUT2D eigenvalue weighted by molar-refractivity contribution is -0.144. The Morgan fingerprint density at radius 1 is 1.03 bits per heavy atom. The Bertz CT molecular complexity index is 1100. The largest absolute Gasteiger partial charge is 0.467 e. The Hall–Kier alpha value is -4.21. The minimum Gasteiger partial charge on any atom is -0.467 e. The first-order valence-electron chi connectivity index (χ1n) is 10.3. The van der Waals surface area contributed by atoms with E-state index in [0.717, 1.165) is 5.56 Å². The molecule has 33 heavy (non-hydrogen) atoms. The van der Waals surface area contributed by atoms with Gasteiger partial charge in [0, 0.05) is 17.8 Å². The van der Waals surface area contributed by atoms with Crippen LogP contribution in [0.2, 0.25) is 0 Å². The molecule has 10 heteroatoms. The Morgan fingerprint density at radius 2 is 1.73 bits per heavy atom. The lowest BCUT2D eigenvalue weighted by Gasteiger charge is -2.18. The van der Waals surface area contributed by atoms with Crippen LogP contribution in [0.5, 0.6) is 0 Å². The average molecular weight is 451 g/mol. The first-order valence-corrected chi connectivity index (χ1v) is 10.3. The van der Waals surface area contributed by atoms with Crippen LogP contribution < -0.4 is 16.0 Å². The van der Waals surface area contributed by atoms with Crippen LogP contribution >= 0.6 is 0 Å². The van der Waals surface area contributed by atoms with Crippen LogP contribution in [0, 0.1) is 5.92 Å².